The number of hydrogen-bond donors (Lipinski definition) is 1. The minimum atomic E-state index is -1.46. The van der Waals surface area contributed by atoms with E-state index in [9.17, 15) is 0 Å². The van der Waals surface area contributed by atoms with Crippen LogP contribution in [-0.2, 0) is 0 Å². The van der Waals surface area contributed by atoms with Crippen LogP contribution >= 0.6 is 0 Å². The molecule has 0 aromatic carbocycles. The highest BCUT2D eigenvalue weighted by atomic mass is 16.3. The second kappa shape index (κ2) is 2.30. The van der Waals surface area contributed by atoms with E-state index in [1.165, 1.54) is 6.92 Å². The third-order valence-electron chi connectivity index (χ3n) is 0.664. The van der Waals surface area contributed by atoms with Crippen LogP contribution in [0.15, 0.2) is 0 Å². The molecule has 0 aromatic rings. The summed E-state index contributed by atoms with van der Waals surface area (Å²) in [6, 6.07) is 3.26. The second-order valence-corrected chi connectivity index (χ2v) is 1.72. The highest BCUT2D eigenvalue weighted by Crippen LogP contribution is 2.03. The summed E-state index contributed by atoms with van der Waals surface area (Å²) in [6.07, 6.45) is -0.135. The number of aliphatic hydroxyl groups is 1. The molecule has 0 fully saturated rings. The Hall–Kier alpha value is -1.06. The predicted octanol–water partition coefficient (Wildman–Crippen LogP) is 0.175. The zero-order chi connectivity index (χ0) is 6.62. The molecule has 0 bridgehead atoms. The number of nitriles is 2. The second-order valence-electron chi connectivity index (χ2n) is 1.72. The van der Waals surface area contributed by atoms with Gasteiger partial charge in [-0.1, -0.05) is 0 Å². The third-order valence-corrected chi connectivity index (χ3v) is 0.664. The smallest absolute Gasteiger partial charge is 0.161 e. The number of nitrogens with zero attached hydrogens (tertiary/aromatic N) is 2. The Bertz CT molecular complexity index is 149. The zero-order valence-electron chi connectivity index (χ0n) is 4.55. The Morgan fingerprint density at radius 3 is 2.25 bits per heavy atom. The van der Waals surface area contributed by atoms with Crippen molar-refractivity contribution in [2.75, 3.05) is 0 Å². The quantitative estimate of drug-likeness (QED) is 0.489. The van der Waals surface area contributed by atoms with Gasteiger partial charge in [0, 0.05) is 0 Å². The Balaban J connectivity index is 3.82. The van der Waals surface area contributed by atoms with E-state index in [-0.39, 0.29) is 6.42 Å². The summed E-state index contributed by atoms with van der Waals surface area (Å²) >= 11 is 0. The molecule has 0 heterocycles. The van der Waals surface area contributed by atoms with Gasteiger partial charge in [0.15, 0.2) is 5.60 Å². The van der Waals surface area contributed by atoms with Crippen molar-refractivity contribution >= 4 is 0 Å². The third kappa shape index (κ3) is 2.17. The van der Waals surface area contributed by atoms with E-state index in [4.69, 9.17) is 15.6 Å². The maximum absolute atomic E-state index is 8.74. The largest absolute Gasteiger partial charge is 0.375 e. The van der Waals surface area contributed by atoms with Crippen molar-refractivity contribution in [1.82, 2.24) is 0 Å². The summed E-state index contributed by atoms with van der Waals surface area (Å²) in [7, 11) is 0. The van der Waals surface area contributed by atoms with E-state index >= 15 is 0 Å². The van der Waals surface area contributed by atoms with E-state index in [1.807, 2.05) is 0 Å². The predicted molar refractivity (Wildman–Crippen MR) is 26.5 cm³/mol. The van der Waals surface area contributed by atoms with Crippen molar-refractivity contribution in [2.45, 2.75) is 18.9 Å². The lowest BCUT2D eigenvalue weighted by Gasteiger charge is -2.05. The van der Waals surface area contributed by atoms with Gasteiger partial charge in [-0.3, -0.25) is 0 Å². The lowest BCUT2D eigenvalue weighted by atomic mass is 10.1. The fraction of sp³-hybridized carbons (Fsp3) is 0.600. The van der Waals surface area contributed by atoms with Gasteiger partial charge in [-0.15, -0.1) is 0 Å². The molecule has 0 unspecified atom stereocenters. The van der Waals surface area contributed by atoms with E-state index in [1.54, 1.807) is 12.1 Å². The van der Waals surface area contributed by atoms with Crippen molar-refractivity contribution < 1.29 is 5.11 Å². The molecule has 0 saturated carbocycles. The molecular weight excluding hydrogens is 104 g/mol. The van der Waals surface area contributed by atoms with Crippen molar-refractivity contribution in [3.8, 4) is 12.1 Å². The first-order chi connectivity index (χ1) is 3.62. The molecule has 0 radical (unpaired) electrons. The van der Waals surface area contributed by atoms with Gasteiger partial charge >= 0.3 is 0 Å². The van der Waals surface area contributed by atoms with Gasteiger partial charge in [0.1, 0.15) is 0 Å². The maximum Gasteiger partial charge on any atom is 0.161 e. The van der Waals surface area contributed by atoms with Crippen LogP contribution in [0.5, 0.6) is 0 Å². The van der Waals surface area contributed by atoms with Crippen LogP contribution in [0.3, 0.4) is 0 Å². The Morgan fingerprint density at radius 2 is 2.12 bits per heavy atom. The van der Waals surface area contributed by atoms with Gasteiger partial charge in [-0.05, 0) is 6.92 Å². The molecule has 8 heavy (non-hydrogen) atoms. The molecule has 0 amide bonds. The van der Waals surface area contributed by atoms with Gasteiger partial charge in [0.2, 0.25) is 0 Å². The summed E-state index contributed by atoms with van der Waals surface area (Å²) < 4.78 is 0. The topological polar surface area (TPSA) is 67.8 Å². The summed E-state index contributed by atoms with van der Waals surface area (Å²) in [5.74, 6) is 0. The van der Waals surface area contributed by atoms with Crippen molar-refractivity contribution in [3.05, 3.63) is 0 Å². The minimum Gasteiger partial charge on any atom is -0.375 e. The van der Waals surface area contributed by atoms with E-state index in [0.717, 1.165) is 0 Å². The van der Waals surface area contributed by atoms with Crippen molar-refractivity contribution in [3.63, 3.8) is 0 Å². The molecule has 3 heteroatoms. The minimum absolute atomic E-state index is 0.135. The maximum atomic E-state index is 8.74. The summed E-state index contributed by atoms with van der Waals surface area (Å²) in [5, 5.41) is 24.8. The molecule has 0 aliphatic carbocycles. The van der Waals surface area contributed by atoms with Crippen LogP contribution in [0.4, 0.5) is 0 Å². The molecule has 0 aromatic heterocycles. The van der Waals surface area contributed by atoms with Gasteiger partial charge in [0.05, 0.1) is 18.6 Å². The first-order valence-electron chi connectivity index (χ1n) is 2.13. The molecule has 0 aliphatic heterocycles. The molecule has 42 valence electrons. The molecule has 0 saturated heterocycles. The first-order valence-corrected chi connectivity index (χ1v) is 2.13. The lowest BCUT2D eigenvalue weighted by Crippen LogP contribution is -2.19. The highest BCUT2D eigenvalue weighted by molar-refractivity contribution is 5.01. The Morgan fingerprint density at radius 1 is 1.62 bits per heavy atom. The number of hydrogen-bond acceptors (Lipinski definition) is 3. The van der Waals surface area contributed by atoms with E-state index < -0.39 is 5.60 Å². The van der Waals surface area contributed by atoms with Crippen LogP contribution in [0.25, 0.3) is 0 Å². The standard InChI is InChI=1S/C5H6N2O/c1-5(8,4-7)2-3-6/h8H,2H2,1H3/t5-/m0/s1. The average Bonchev–Trinajstić information content (AvgIpc) is 1.67. The van der Waals surface area contributed by atoms with E-state index in [2.05, 4.69) is 0 Å². The molecular formula is C5H6N2O. The Kier molecular flexibility index (Phi) is 1.99. The monoisotopic (exact) mass is 110 g/mol. The first kappa shape index (κ1) is 6.94. The van der Waals surface area contributed by atoms with Crippen molar-refractivity contribution in [1.29, 1.82) is 10.5 Å². The summed E-state index contributed by atoms with van der Waals surface area (Å²) in [5.41, 5.74) is -1.46. The van der Waals surface area contributed by atoms with Crippen LogP contribution in [0.1, 0.15) is 13.3 Å². The van der Waals surface area contributed by atoms with Gasteiger partial charge in [-0.2, -0.15) is 10.5 Å². The van der Waals surface area contributed by atoms with Crippen LogP contribution < -0.4 is 0 Å². The molecule has 3 nitrogen and oxygen atoms in total. The fourth-order valence-corrected chi connectivity index (χ4v) is 0.193. The molecule has 1 N–H and O–H groups in total. The SMILES string of the molecule is C[C@@](O)(C#N)CC#N. The number of rotatable bonds is 1. The molecule has 1 atom stereocenters. The Labute approximate surface area is 47.8 Å². The van der Waals surface area contributed by atoms with Gasteiger partial charge in [-0.25, -0.2) is 0 Å². The summed E-state index contributed by atoms with van der Waals surface area (Å²) in [4.78, 5) is 0. The van der Waals surface area contributed by atoms with Crippen LogP contribution in [0, 0.1) is 22.7 Å². The van der Waals surface area contributed by atoms with Gasteiger partial charge in [0.25, 0.3) is 0 Å². The molecule has 0 rings (SSSR count). The average molecular weight is 110 g/mol. The summed E-state index contributed by atoms with van der Waals surface area (Å²) in [6.45, 7) is 1.30. The van der Waals surface area contributed by atoms with E-state index in [0.29, 0.717) is 0 Å². The van der Waals surface area contributed by atoms with Crippen LogP contribution in [0.2, 0.25) is 0 Å². The normalized spacial score (nSPS) is 15.5. The zero-order valence-corrected chi connectivity index (χ0v) is 4.55. The fourth-order valence-electron chi connectivity index (χ4n) is 0.193. The van der Waals surface area contributed by atoms with Crippen molar-refractivity contribution in [2.24, 2.45) is 0 Å². The highest BCUT2D eigenvalue weighted by Gasteiger charge is 2.17. The molecule has 0 spiro atoms. The van der Waals surface area contributed by atoms with Gasteiger partial charge < -0.3 is 5.11 Å². The molecule has 0 aliphatic rings. The van der Waals surface area contributed by atoms with Crippen LogP contribution in [-0.4, -0.2) is 10.7 Å². The lowest BCUT2D eigenvalue weighted by molar-refractivity contribution is 0.125.